The van der Waals surface area contributed by atoms with Gasteiger partial charge in [0.15, 0.2) is 5.11 Å². The van der Waals surface area contributed by atoms with Crippen LogP contribution in [0.25, 0.3) is 0 Å². The molecule has 0 aliphatic carbocycles. The molecule has 6 nitrogen and oxygen atoms in total. The Morgan fingerprint density at radius 3 is 2.43 bits per heavy atom. The van der Waals surface area contributed by atoms with Gasteiger partial charge in [-0.1, -0.05) is 12.1 Å². The van der Waals surface area contributed by atoms with Crippen LogP contribution in [0.15, 0.2) is 48.5 Å². The van der Waals surface area contributed by atoms with Crippen molar-refractivity contribution in [2.75, 3.05) is 45.7 Å². The molecule has 2 aromatic carbocycles. The molecule has 0 saturated carbocycles. The topological polar surface area (TPSA) is 55.2 Å². The monoisotopic (exact) mass is 400 g/mol. The molecule has 1 heterocycles. The molecule has 2 aromatic rings. The van der Waals surface area contributed by atoms with E-state index in [1.807, 2.05) is 24.3 Å². The summed E-state index contributed by atoms with van der Waals surface area (Å²) in [5, 5.41) is 3.96. The standard InChI is InChI=1S/C21H25N3O3S/c1-26-19-6-4-3-5-17(19)15-23-11-13-24(14-12-23)21(28)22-18-9-7-16(8-10-18)20(25)27-2/h3-10H,11-15H2,1-2H3,(H,22,28)/p+1. The number of hydrogen-bond acceptors (Lipinski definition) is 4. The molecule has 0 atom stereocenters. The quantitative estimate of drug-likeness (QED) is 0.587. The van der Waals surface area contributed by atoms with Gasteiger partial charge in [-0.05, 0) is 48.6 Å². The molecule has 28 heavy (non-hydrogen) atoms. The number of piperazine rings is 1. The van der Waals surface area contributed by atoms with Crippen molar-refractivity contribution in [2.24, 2.45) is 0 Å². The Hall–Kier alpha value is -2.64. The molecule has 0 unspecified atom stereocenters. The largest absolute Gasteiger partial charge is 0.496 e. The summed E-state index contributed by atoms with van der Waals surface area (Å²) in [5.74, 6) is 0.605. The zero-order valence-corrected chi connectivity index (χ0v) is 17.1. The van der Waals surface area contributed by atoms with Gasteiger partial charge in [-0.2, -0.15) is 0 Å². The molecule has 0 aromatic heterocycles. The lowest BCUT2D eigenvalue weighted by molar-refractivity contribution is -0.917. The maximum Gasteiger partial charge on any atom is 0.337 e. The SMILES string of the molecule is COC(=O)c1ccc(NC(=S)N2CC[NH+](Cc3ccccc3OC)CC2)cc1. The van der Waals surface area contributed by atoms with Gasteiger partial charge in [0, 0.05) is 11.3 Å². The summed E-state index contributed by atoms with van der Waals surface area (Å²) in [5.41, 5.74) is 2.62. The summed E-state index contributed by atoms with van der Waals surface area (Å²) in [6, 6.07) is 15.3. The van der Waals surface area contributed by atoms with Gasteiger partial charge in [-0.3, -0.25) is 0 Å². The first-order valence-electron chi connectivity index (χ1n) is 9.30. The molecule has 1 saturated heterocycles. The minimum atomic E-state index is -0.344. The van der Waals surface area contributed by atoms with E-state index in [4.69, 9.17) is 21.7 Å². The summed E-state index contributed by atoms with van der Waals surface area (Å²) < 4.78 is 10.2. The summed E-state index contributed by atoms with van der Waals surface area (Å²) >= 11 is 5.57. The van der Waals surface area contributed by atoms with Crippen molar-refractivity contribution in [1.29, 1.82) is 0 Å². The first-order chi connectivity index (χ1) is 13.6. The Morgan fingerprint density at radius 1 is 1.11 bits per heavy atom. The number of carbonyl (C=O) groups is 1. The first-order valence-corrected chi connectivity index (χ1v) is 9.71. The third kappa shape index (κ3) is 4.99. The van der Waals surface area contributed by atoms with Gasteiger partial charge in [0.05, 0.1) is 46.0 Å². The number of thiocarbonyl (C=S) groups is 1. The van der Waals surface area contributed by atoms with E-state index in [1.165, 1.54) is 17.6 Å². The average Bonchev–Trinajstić information content (AvgIpc) is 2.74. The minimum absolute atomic E-state index is 0.344. The molecule has 0 amide bonds. The minimum Gasteiger partial charge on any atom is -0.496 e. The van der Waals surface area contributed by atoms with Crippen LogP contribution >= 0.6 is 12.2 Å². The van der Waals surface area contributed by atoms with Crippen molar-refractivity contribution in [1.82, 2.24) is 4.90 Å². The third-order valence-corrected chi connectivity index (χ3v) is 5.31. The van der Waals surface area contributed by atoms with Crippen molar-refractivity contribution < 1.29 is 19.2 Å². The normalized spacial score (nSPS) is 14.4. The molecule has 7 heteroatoms. The van der Waals surface area contributed by atoms with Crippen LogP contribution in [0, 0.1) is 0 Å². The fraction of sp³-hybridized carbons (Fsp3) is 0.333. The van der Waals surface area contributed by atoms with Crippen LogP contribution in [0.2, 0.25) is 0 Å². The molecule has 148 valence electrons. The molecule has 0 radical (unpaired) electrons. The van der Waals surface area contributed by atoms with Crippen LogP contribution < -0.4 is 15.0 Å². The molecule has 1 fully saturated rings. The number of carbonyl (C=O) groups excluding carboxylic acids is 1. The number of benzene rings is 2. The zero-order chi connectivity index (χ0) is 19.9. The van der Waals surface area contributed by atoms with Crippen LogP contribution in [-0.4, -0.2) is 56.4 Å². The summed E-state index contributed by atoms with van der Waals surface area (Å²) in [6.45, 7) is 4.78. The Morgan fingerprint density at radius 2 is 1.79 bits per heavy atom. The number of nitrogens with one attached hydrogen (secondary N) is 2. The highest BCUT2D eigenvalue weighted by molar-refractivity contribution is 7.80. The van der Waals surface area contributed by atoms with Crippen LogP contribution in [-0.2, 0) is 11.3 Å². The zero-order valence-electron chi connectivity index (χ0n) is 16.2. The molecule has 1 aliphatic heterocycles. The van der Waals surface area contributed by atoms with Gasteiger partial charge < -0.3 is 24.6 Å². The Labute approximate surface area is 171 Å². The van der Waals surface area contributed by atoms with Crippen molar-refractivity contribution >= 4 is 29.0 Å². The number of ether oxygens (including phenoxy) is 2. The van der Waals surface area contributed by atoms with E-state index in [-0.39, 0.29) is 5.97 Å². The number of esters is 1. The fourth-order valence-corrected chi connectivity index (χ4v) is 3.63. The number of nitrogens with zero attached hydrogens (tertiary/aromatic N) is 1. The van der Waals surface area contributed by atoms with Crippen molar-refractivity contribution in [3.05, 3.63) is 59.7 Å². The number of hydrogen-bond donors (Lipinski definition) is 2. The second-order valence-corrected chi connectivity index (χ2v) is 7.11. The molecule has 2 N–H and O–H groups in total. The number of para-hydroxylation sites is 1. The van der Waals surface area contributed by atoms with E-state index >= 15 is 0 Å². The number of rotatable bonds is 5. The summed E-state index contributed by atoms with van der Waals surface area (Å²) in [4.78, 5) is 15.2. The highest BCUT2D eigenvalue weighted by Gasteiger charge is 2.22. The molecule has 3 rings (SSSR count). The van der Waals surface area contributed by atoms with Gasteiger partial charge in [0.2, 0.25) is 0 Å². The summed E-state index contributed by atoms with van der Waals surface area (Å²) in [7, 11) is 3.09. The van der Waals surface area contributed by atoms with E-state index in [1.54, 1.807) is 19.2 Å². The highest BCUT2D eigenvalue weighted by atomic mass is 32.1. The Balaban J connectivity index is 1.50. The number of anilines is 1. The van der Waals surface area contributed by atoms with Gasteiger partial charge in [-0.25, -0.2) is 4.79 Å². The number of quaternary nitrogens is 1. The predicted molar refractivity (Wildman–Crippen MR) is 113 cm³/mol. The van der Waals surface area contributed by atoms with Gasteiger partial charge in [0.25, 0.3) is 0 Å². The lowest BCUT2D eigenvalue weighted by atomic mass is 10.1. The maximum absolute atomic E-state index is 11.5. The van der Waals surface area contributed by atoms with Crippen LogP contribution in [0.3, 0.4) is 0 Å². The van der Waals surface area contributed by atoms with Gasteiger partial charge >= 0.3 is 5.97 Å². The highest BCUT2D eigenvalue weighted by Crippen LogP contribution is 2.16. The lowest BCUT2D eigenvalue weighted by Crippen LogP contribution is -3.13. The van der Waals surface area contributed by atoms with E-state index < -0.39 is 0 Å². The van der Waals surface area contributed by atoms with Crippen molar-refractivity contribution in [3.63, 3.8) is 0 Å². The first kappa shape index (κ1) is 20.1. The van der Waals surface area contributed by atoms with Crippen LogP contribution in [0.4, 0.5) is 5.69 Å². The van der Waals surface area contributed by atoms with E-state index in [2.05, 4.69) is 22.3 Å². The molecular weight excluding hydrogens is 374 g/mol. The Kier molecular flexibility index (Phi) is 6.84. The third-order valence-electron chi connectivity index (χ3n) is 4.95. The van der Waals surface area contributed by atoms with E-state index in [0.29, 0.717) is 10.7 Å². The Bertz CT molecular complexity index is 818. The van der Waals surface area contributed by atoms with E-state index in [0.717, 1.165) is 44.2 Å². The number of methoxy groups -OCH3 is 2. The predicted octanol–water partition coefficient (Wildman–Crippen LogP) is 1.58. The molecule has 0 bridgehead atoms. The molecular formula is C21H26N3O3S+. The second kappa shape index (κ2) is 9.52. The molecule has 0 spiro atoms. The van der Waals surface area contributed by atoms with Crippen LogP contribution in [0.5, 0.6) is 5.75 Å². The van der Waals surface area contributed by atoms with Gasteiger partial charge in [-0.15, -0.1) is 0 Å². The van der Waals surface area contributed by atoms with Crippen LogP contribution in [0.1, 0.15) is 15.9 Å². The van der Waals surface area contributed by atoms with Crippen molar-refractivity contribution in [3.8, 4) is 5.75 Å². The maximum atomic E-state index is 11.5. The second-order valence-electron chi connectivity index (χ2n) is 6.72. The average molecular weight is 401 g/mol. The van der Waals surface area contributed by atoms with Crippen molar-refractivity contribution in [2.45, 2.75) is 6.54 Å². The lowest BCUT2D eigenvalue weighted by Gasteiger charge is -2.34. The smallest absolute Gasteiger partial charge is 0.337 e. The molecule has 1 aliphatic rings. The summed E-state index contributed by atoms with van der Waals surface area (Å²) in [6.07, 6.45) is 0. The van der Waals surface area contributed by atoms with Gasteiger partial charge in [0.1, 0.15) is 12.3 Å². The fourth-order valence-electron chi connectivity index (χ4n) is 3.33. The van der Waals surface area contributed by atoms with E-state index in [9.17, 15) is 4.79 Å².